The molecule has 0 unspecified atom stereocenters. The number of rotatable bonds is 7. The number of nitrogens with one attached hydrogen (secondary N) is 1. The predicted octanol–water partition coefficient (Wildman–Crippen LogP) is 6.11. The predicted molar refractivity (Wildman–Crippen MR) is 138 cm³/mol. The van der Waals surface area contributed by atoms with Crippen molar-refractivity contribution < 1.29 is 5.11 Å². The summed E-state index contributed by atoms with van der Waals surface area (Å²) >= 11 is 7.37. The molecule has 5 aromatic rings. The third-order valence-corrected chi connectivity index (χ3v) is 6.60. The Kier molecular flexibility index (Phi) is 6.53. The number of para-hydroxylation sites is 2. The van der Waals surface area contributed by atoms with E-state index in [2.05, 4.69) is 26.2 Å². The monoisotopic (exact) mass is 498 g/mol. The maximum atomic E-state index is 10.8. The fourth-order valence-corrected chi connectivity index (χ4v) is 4.59. The maximum absolute atomic E-state index is 10.8. The van der Waals surface area contributed by atoms with E-state index in [-0.39, 0.29) is 17.1 Å². The van der Waals surface area contributed by atoms with Gasteiger partial charge in [0.1, 0.15) is 17.4 Å². The lowest BCUT2D eigenvalue weighted by Gasteiger charge is -2.11. The quantitative estimate of drug-likeness (QED) is 0.159. The van der Waals surface area contributed by atoms with Crippen LogP contribution in [0.2, 0.25) is 5.02 Å². The second-order valence-corrected chi connectivity index (χ2v) is 9.09. The van der Waals surface area contributed by atoms with Gasteiger partial charge < -0.3 is 10.1 Å². The second-order valence-electron chi connectivity index (χ2n) is 7.71. The van der Waals surface area contributed by atoms with Crippen LogP contribution in [0.1, 0.15) is 11.4 Å². The number of aliphatic hydroxyl groups is 1. The molecule has 0 aliphatic rings. The minimum absolute atomic E-state index is 0.0844. The van der Waals surface area contributed by atoms with Crippen LogP contribution in [-0.2, 0) is 6.54 Å². The first kappa shape index (κ1) is 22.7. The molecule has 0 saturated carbocycles. The summed E-state index contributed by atoms with van der Waals surface area (Å²) < 4.78 is 1.99. The molecule has 0 amide bonds. The summed E-state index contributed by atoms with van der Waals surface area (Å²) in [6.45, 7) is 0.549. The van der Waals surface area contributed by atoms with E-state index < -0.39 is 0 Å². The molecule has 0 saturated heterocycles. The normalized spacial score (nSPS) is 11.9. The topological polar surface area (TPSA) is 103 Å². The molecule has 0 aliphatic carbocycles. The summed E-state index contributed by atoms with van der Waals surface area (Å²) in [5.74, 6) is 1.07. The van der Waals surface area contributed by atoms with Crippen LogP contribution in [0.5, 0.6) is 0 Å². The molecule has 3 aromatic carbocycles. The van der Waals surface area contributed by atoms with Crippen molar-refractivity contribution in [2.24, 2.45) is 0 Å². The summed E-state index contributed by atoms with van der Waals surface area (Å²) in [4.78, 5) is 7.53. The number of nitrogens with zero attached hydrogens (tertiary/aromatic N) is 5. The number of aromatic nitrogens is 5. The van der Waals surface area contributed by atoms with Gasteiger partial charge in [-0.05, 0) is 42.0 Å². The number of allylic oxidation sites excluding steroid dienone is 1. The maximum Gasteiger partial charge on any atom is 0.192 e. The molecule has 7 nitrogen and oxygen atoms in total. The van der Waals surface area contributed by atoms with Crippen LogP contribution in [-0.4, -0.2) is 35.6 Å². The molecule has 35 heavy (non-hydrogen) atoms. The standard InChI is InChI=1S/C26H19ClN6OS/c27-19-12-10-18(11-13-19)25-31-32-26(33(25)15-17-6-2-1-3-7-17)35-16-23(34)20(14-28)24-29-21-8-4-5-9-22(21)30-24/h1-13,34H,15-16H2,(H,29,30)/b23-20-. The van der Waals surface area contributed by atoms with Gasteiger partial charge in [-0.3, -0.25) is 4.57 Å². The van der Waals surface area contributed by atoms with E-state index in [0.717, 1.165) is 22.2 Å². The molecule has 0 fully saturated rings. The molecule has 9 heteroatoms. The summed E-state index contributed by atoms with van der Waals surface area (Å²) in [6.07, 6.45) is 0. The zero-order chi connectivity index (χ0) is 24.2. The van der Waals surface area contributed by atoms with Crippen molar-refractivity contribution in [3.8, 4) is 17.5 Å². The molecule has 5 rings (SSSR count). The number of halogens is 1. The highest BCUT2D eigenvalue weighted by Gasteiger charge is 2.18. The zero-order valence-electron chi connectivity index (χ0n) is 18.4. The zero-order valence-corrected chi connectivity index (χ0v) is 20.0. The van der Waals surface area contributed by atoms with Crippen LogP contribution in [0.15, 0.2) is 89.8 Å². The molecule has 0 bridgehead atoms. The SMILES string of the molecule is N#C/C(=C(/O)CSc1nnc(-c2ccc(Cl)cc2)n1Cc1ccccc1)c1nc2ccccc2[nH]1. The van der Waals surface area contributed by atoms with Crippen LogP contribution in [0.4, 0.5) is 0 Å². The van der Waals surface area contributed by atoms with Crippen molar-refractivity contribution in [3.63, 3.8) is 0 Å². The van der Waals surface area contributed by atoms with E-state index in [1.54, 1.807) is 0 Å². The average molecular weight is 499 g/mol. The lowest BCUT2D eigenvalue weighted by atomic mass is 10.2. The average Bonchev–Trinajstić information content (AvgIpc) is 3.48. The molecule has 0 aliphatic heterocycles. The van der Waals surface area contributed by atoms with Crippen molar-refractivity contribution in [3.05, 3.63) is 101 Å². The largest absolute Gasteiger partial charge is 0.510 e. The van der Waals surface area contributed by atoms with Crippen LogP contribution >= 0.6 is 23.4 Å². The minimum Gasteiger partial charge on any atom is -0.510 e. The number of thioether (sulfide) groups is 1. The number of H-pyrrole nitrogens is 1. The Balaban J connectivity index is 1.46. The van der Waals surface area contributed by atoms with Crippen LogP contribution in [0.25, 0.3) is 28.0 Å². The first-order valence-corrected chi connectivity index (χ1v) is 12.1. The summed E-state index contributed by atoms with van der Waals surface area (Å²) in [5.41, 5.74) is 3.59. The smallest absolute Gasteiger partial charge is 0.192 e. The van der Waals surface area contributed by atoms with E-state index in [0.29, 0.717) is 28.4 Å². The van der Waals surface area contributed by atoms with Crippen molar-refractivity contribution in [2.45, 2.75) is 11.7 Å². The molecule has 172 valence electrons. The van der Waals surface area contributed by atoms with Gasteiger partial charge in [-0.1, -0.05) is 65.8 Å². The first-order valence-electron chi connectivity index (χ1n) is 10.8. The number of hydrogen-bond donors (Lipinski definition) is 2. The van der Waals surface area contributed by atoms with Gasteiger partial charge in [-0.15, -0.1) is 10.2 Å². The third kappa shape index (κ3) is 4.92. The Morgan fingerprint density at radius 1 is 1.00 bits per heavy atom. The highest BCUT2D eigenvalue weighted by atomic mass is 35.5. The summed E-state index contributed by atoms with van der Waals surface area (Å²) in [7, 11) is 0. The number of fused-ring (bicyclic) bond motifs is 1. The van der Waals surface area contributed by atoms with Crippen LogP contribution in [0.3, 0.4) is 0 Å². The Morgan fingerprint density at radius 3 is 2.49 bits per heavy atom. The van der Waals surface area contributed by atoms with Gasteiger partial charge in [-0.25, -0.2) is 4.98 Å². The molecule has 2 heterocycles. The van der Waals surface area contributed by atoms with Crippen molar-refractivity contribution >= 4 is 40.0 Å². The van der Waals surface area contributed by atoms with Gasteiger partial charge in [0.05, 0.1) is 23.3 Å². The van der Waals surface area contributed by atoms with Gasteiger partial charge in [-0.2, -0.15) is 5.26 Å². The van der Waals surface area contributed by atoms with Gasteiger partial charge in [0.15, 0.2) is 16.8 Å². The van der Waals surface area contributed by atoms with Crippen molar-refractivity contribution in [2.75, 3.05) is 5.75 Å². The van der Waals surface area contributed by atoms with Gasteiger partial charge >= 0.3 is 0 Å². The fraction of sp³-hybridized carbons (Fsp3) is 0.0769. The van der Waals surface area contributed by atoms with Gasteiger partial charge in [0.25, 0.3) is 0 Å². The van der Waals surface area contributed by atoms with Gasteiger partial charge in [0.2, 0.25) is 0 Å². The second kappa shape index (κ2) is 10.1. The molecule has 2 aromatic heterocycles. The van der Waals surface area contributed by atoms with Crippen molar-refractivity contribution in [1.82, 2.24) is 24.7 Å². The molecule has 2 N–H and O–H groups in total. The number of aliphatic hydroxyl groups excluding tert-OH is 1. The first-order chi connectivity index (χ1) is 17.1. The number of aromatic amines is 1. The molecule has 0 spiro atoms. The van der Waals surface area contributed by atoms with E-state index in [1.165, 1.54) is 11.8 Å². The summed E-state index contributed by atoms with van der Waals surface area (Å²) in [5, 5.41) is 30.6. The van der Waals surface area contributed by atoms with E-state index in [4.69, 9.17) is 11.6 Å². The molecular weight excluding hydrogens is 480 g/mol. The Hall–Kier alpha value is -4.06. The lowest BCUT2D eigenvalue weighted by Crippen LogP contribution is -2.05. The van der Waals surface area contributed by atoms with E-state index in [1.807, 2.05) is 83.4 Å². The van der Waals surface area contributed by atoms with Crippen molar-refractivity contribution in [1.29, 1.82) is 5.26 Å². The van der Waals surface area contributed by atoms with E-state index in [9.17, 15) is 10.4 Å². The Labute approximate surface area is 210 Å². The highest BCUT2D eigenvalue weighted by molar-refractivity contribution is 7.99. The summed E-state index contributed by atoms with van der Waals surface area (Å²) in [6, 6.07) is 27.0. The fourth-order valence-electron chi connectivity index (χ4n) is 3.65. The molecule has 0 radical (unpaired) electrons. The van der Waals surface area contributed by atoms with Crippen LogP contribution in [0, 0.1) is 11.3 Å². The number of benzene rings is 3. The Bertz CT molecular complexity index is 1520. The lowest BCUT2D eigenvalue weighted by molar-refractivity contribution is 0.420. The minimum atomic E-state index is -0.0844. The van der Waals surface area contributed by atoms with E-state index >= 15 is 0 Å². The number of hydrogen-bond acceptors (Lipinski definition) is 6. The van der Waals surface area contributed by atoms with Gasteiger partial charge in [0, 0.05) is 10.6 Å². The number of nitriles is 1. The third-order valence-electron chi connectivity index (χ3n) is 5.37. The highest BCUT2D eigenvalue weighted by Crippen LogP contribution is 2.28. The van der Waals surface area contributed by atoms with Crippen LogP contribution < -0.4 is 0 Å². The number of imidazole rings is 1. The molecule has 0 atom stereocenters. The Morgan fingerprint density at radius 2 is 1.74 bits per heavy atom. The molecular formula is C26H19ClN6OS.